The van der Waals surface area contributed by atoms with E-state index in [9.17, 15) is 5.11 Å². The van der Waals surface area contributed by atoms with Gasteiger partial charge < -0.3 is 19.7 Å². The second kappa shape index (κ2) is 5.62. The number of nitrogens with one attached hydrogen (secondary N) is 1. The zero-order chi connectivity index (χ0) is 13.1. The molecule has 0 aromatic carbocycles. The molecule has 0 fully saturated rings. The first-order chi connectivity index (χ1) is 7.80. The van der Waals surface area contributed by atoms with Crippen LogP contribution in [-0.4, -0.2) is 47.8 Å². The number of hydrogen-bond acceptors (Lipinski definition) is 5. The molecule has 2 N–H and O–H groups in total. The maximum atomic E-state index is 10.1. The Hall–Kier alpha value is -0.910. The van der Waals surface area contributed by atoms with Crippen molar-refractivity contribution in [3.8, 4) is 0 Å². The molecule has 0 aliphatic heterocycles. The van der Waals surface area contributed by atoms with E-state index in [1.54, 1.807) is 0 Å². The van der Waals surface area contributed by atoms with Gasteiger partial charge >= 0.3 is 0 Å². The number of hydrogen-bond donors (Lipinski definition) is 2. The highest BCUT2D eigenvalue weighted by molar-refractivity contribution is 5.05. The fourth-order valence-electron chi connectivity index (χ4n) is 1.79. The number of nitrogens with zero attached hydrogens (tertiary/aromatic N) is 2. The second-order valence-electron chi connectivity index (χ2n) is 5.09. The third-order valence-electron chi connectivity index (χ3n) is 2.51. The van der Waals surface area contributed by atoms with E-state index >= 15 is 0 Å². The van der Waals surface area contributed by atoms with Crippen LogP contribution >= 0.6 is 0 Å². The van der Waals surface area contributed by atoms with Gasteiger partial charge in [-0.3, -0.25) is 0 Å². The topological polar surface area (TPSA) is 61.5 Å². The minimum Gasteiger partial charge on any atom is -0.444 e. The predicted octanol–water partition coefficient (Wildman–Crippen LogP) is 0.694. The van der Waals surface area contributed by atoms with Crippen molar-refractivity contribution in [3.05, 3.63) is 17.3 Å². The lowest BCUT2D eigenvalue weighted by molar-refractivity contribution is 0.0331. The SMILES string of the molecule is Cc1nc(CNCC(C)(O)CN(C)C)oc1C. The maximum absolute atomic E-state index is 10.1. The number of rotatable bonds is 6. The van der Waals surface area contributed by atoms with Gasteiger partial charge in [0.25, 0.3) is 0 Å². The van der Waals surface area contributed by atoms with Gasteiger partial charge in [0, 0.05) is 13.1 Å². The highest BCUT2D eigenvalue weighted by Crippen LogP contribution is 2.08. The fraction of sp³-hybridized carbons (Fsp3) is 0.750. The number of likely N-dealkylation sites (N-methyl/N-ethyl adjacent to an activating group) is 1. The molecule has 1 atom stereocenters. The van der Waals surface area contributed by atoms with Gasteiger partial charge in [-0.15, -0.1) is 0 Å². The number of aliphatic hydroxyl groups is 1. The van der Waals surface area contributed by atoms with Gasteiger partial charge in [-0.05, 0) is 34.9 Å². The molecule has 1 rings (SSSR count). The first-order valence-corrected chi connectivity index (χ1v) is 5.81. The molecular weight excluding hydrogens is 218 g/mol. The summed E-state index contributed by atoms with van der Waals surface area (Å²) in [6, 6.07) is 0. The Kier molecular flexibility index (Phi) is 4.68. The first-order valence-electron chi connectivity index (χ1n) is 5.81. The maximum Gasteiger partial charge on any atom is 0.208 e. The summed E-state index contributed by atoms with van der Waals surface area (Å²) in [6.07, 6.45) is 0. The molecule has 0 saturated heterocycles. The monoisotopic (exact) mass is 241 g/mol. The summed E-state index contributed by atoms with van der Waals surface area (Å²) in [5.74, 6) is 1.52. The summed E-state index contributed by atoms with van der Waals surface area (Å²) < 4.78 is 5.44. The van der Waals surface area contributed by atoms with Crippen LogP contribution in [0.5, 0.6) is 0 Å². The van der Waals surface area contributed by atoms with Crippen molar-refractivity contribution in [1.29, 1.82) is 0 Å². The Morgan fingerprint density at radius 3 is 2.53 bits per heavy atom. The molecule has 0 aliphatic carbocycles. The molecule has 0 radical (unpaired) electrons. The largest absolute Gasteiger partial charge is 0.444 e. The van der Waals surface area contributed by atoms with E-state index in [4.69, 9.17) is 4.42 Å². The van der Waals surface area contributed by atoms with Crippen molar-refractivity contribution >= 4 is 0 Å². The third-order valence-corrected chi connectivity index (χ3v) is 2.51. The fourth-order valence-corrected chi connectivity index (χ4v) is 1.79. The molecule has 1 unspecified atom stereocenters. The normalized spacial score (nSPS) is 15.2. The summed E-state index contributed by atoms with van der Waals surface area (Å²) in [5, 5.41) is 13.2. The van der Waals surface area contributed by atoms with E-state index in [2.05, 4.69) is 10.3 Å². The number of aromatic nitrogens is 1. The van der Waals surface area contributed by atoms with Gasteiger partial charge in [0.05, 0.1) is 17.8 Å². The minimum absolute atomic E-state index is 0.506. The highest BCUT2D eigenvalue weighted by atomic mass is 16.4. The van der Waals surface area contributed by atoms with Crippen LogP contribution in [0.25, 0.3) is 0 Å². The summed E-state index contributed by atoms with van der Waals surface area (Å²) >= 11 is 0. The van der Waals surface area contributed by atoms with Crippen molar-refractivity contribution in [2.75, 3.05) is 27.2 Å². The van der Waals surface area contributed by atoms with Crippen LogP contribution in [-0.2, 0) is 6.54 Å². The lowest BCUT2D eigenvalue weighted by atomic mass is 10.1. The van der Waals surface area contributed by atoms with Crippen LogP contribution in [0.2, 0.25) is 0 Å². The van der Waals surface area contributed by atoms with Crippen LogP contribution < -0.4 is 5.32 Å². The average Bonchev–Trinajstić information content (AvgIpc) is 2.43. The van der Waals surface area contributed by atoms with Crippen molar-refractivity contribution in [1.82, 2.24) is 15.2 Å². The Bertz CT molecular complexity index is 339. The van der Waals surface area contributed by atoms with Gasteiger partial charge in [0.1, 0.15) is 5.76 Å². The molecule has 1 aromatic heterocycles. The van der Waals surface area contributed by atoms with Gasteiger partial charge in [-0.2, -0.15) is 0 Å². The highest BCUT2D eigenvalue weighted by Gasteiger charge is 2.20. The molecule has 0 spiro atoms. The van der Waals surface area contributed by atoms with E-state index in [1.807, 2.05) is 39.8 Å². The van der Waals surface area contributed by atoms with Crippen molar-refractivity contribution in [2.45, 2.75) is 32.9 Å². The molecule has 1 heterocycles. The molecular formula is C12H23N3O2. The van der Waals surface area contributed by atoms with Crippen LogP contribution in [0.3, 0.4) is 0 Å². The third kappa shape index (κ3) is 4.85. The number of aryl methyl sites for hydroxylation is 2. The van der Waals surface area contributed by atoms with Crippen molar-refractivity contribution in [3.63, 3.8) is 0 Å². The summed E-state index contributed by atoms with van der Waals surface area (Å²) in [7, 11) is 3.88. The lowest BCUT2D eigenvalue weighted by Gasteiger charge is -2.26. The molecule has 98 valence electrons. The molecule has 0 bridgehead atoms. The molecule has 0 amide bonds. The molecule has 5 heteroatoms. The molecule has 1 aromatic rings. The Labute approximate surface area is 103 Å². The first kappa shape index (κ1) is 14.2. The molecule has 5 nitrogen and oxygen atoms in total. The zero-order valence-electron chi connectivity index (χ0n) is 11.4. The van der Waals surface area contributed by atoms with E-state index in [0.717, 1.165) is 11.5 Å². The van der Waals surface area contributed by atoms with Crippen LogP contribution in [0.1, 0.15) is 24.3 Å². The van der Waals surface area contributed by atoms with Gasteiger partial charge in [-0.1, -0.05) is 0 Å². The van der Waals surface area contributed by atoms with E-state index in [1.165, 1.54) is 0 Å². The molecule has 0 aliphatic rings. The summed E-state index contributed by atoms with van der Waals surface area (Å²) in [6.45, 7) is 7.29. The predicted molar refractivity (Wildman–Crippen MR) is 66.9 cm³/mol. The van der Waals surface area contributed by atoms with Crippen LogP contribution in [0, 0.1) is 13.8 Å². The Morgan fingerprint density at radius 1 is 1.41 bits per heavy atom. The zero-order valence-corrected chi connectivity index (χ0v) is 11.4. The number of oxazole rings is 1. The second-order valence-corrected chi connectivity index (χ2v) is 5.09. The summed E-state index contributed by atoms with van der Waals surface area (Å²) in [4.78, 5) is 6.23. The van der Waals surface area contributed by atoms with E-state index < -0.39 is 5.60 Å². The van der Waals surface area contributed by atoms with Gasteiger partial charge in [0.2, 0.25) is 5.89 Å². The quantitative estimate of drug-likeness (QED) is 0.767. The smallest absolute Gasteiger partial charge is 0.208 e. The Morgan fingerprint density at radius 2 is 2.06 bits per heavy atom. The van der Waals surface area contributed by atoms with Crippen molar-refractivity contribution < 1.29 is 9.52 Å². The van der Waals surface area contributed by atoms with Crippen molar-refractivity contribution in [2.24, 2.45) is 0 Å². The van der Waals surface area contributed by atoms with E-state index in [0.29, 0.717) is 25.5 Å². The van der Waals surface area contributed by atoms with Gasteiger partial charge in [-0.25, -0.2) is 4.98 Å². The molecule has 17 heavy (non-hydrogen) atoms. The Balaban J connectivity index is 2.37. The lowest BCUT2D eigenvalue weighted by Crippen LogP contribution is -2.45. The average molecular weight is 241 g/mol. The van der Waals surface area contributed by atoms with Crippen LogP contribution in [0.4, 0.5) is 0 Å². The molecule has 0 saturated carbocycles. The van der Waals surface area contributed by atoms with Gasteiger partial charge in [0.15, 0.2) is 0 Å². The van der Waals surface area contributed by atoms with E-state index in [-0.39, 0.29) is 0 Å². The minimum atomic E-state index is -0.750. The summed E-state index contributed by atoms with van der Waals surface area (Å²) in [5.41, 5.74) is 0.169. The standard InChI is InChI=1S/C12H23N3O2/c1-9-10(2)17-11(14-9)6-13-7-12(3,16)8-15(4)5/h13,16H,6-8H2,1-5H3. The van der Waals surface area contributed by atoms with Crippen LogP contribution in [0.15, 0.2) is 4.42 Å².